The summed E-state index contributed by atoms with van der Waals surface area (Å²) >= 11 is 3.11. The van der Waals surface area contributed by atoms with Crippen molar-refractivity contribution in [2.45, 2.75) is 20.8 Å². The zero-order valence-corrected chi connectivity index (χ0v) is 18.3. The van der Waals surface area contributed by atoms with E-state index in [0.717, 1.165) is 26.8 Å². The Morgan fingerprint density at radius 1 is 1.17 bits per heavy atom. The number of aryl methyl sites for hydroxylation is 2. The largest absolute Gasteiger partial charge is 0.478 e. The lowest BCUT2D eigenvalue weighted by atomic mass is 10.2. The third kappa shape index (κ3) is 4.25. The highest BCUT2D eigenvalue weighted by Crippen LogP contribution is 2.30. The molecule has 0 atom stereocenters. The van der Waals surface area contributed by atoms with Crippen molar-refractivity contribution < 1.29 is 9.53 Å². The van der Waals surface area contributed by atoms with Crippen molar-refractivity contribution in [2.75, 3.05) is 37.7 Å². The molecule has 0 saturated carbocycles. The molecule has 0 radical (unpaired) electrons. The Balaban J connectivity index is 1.44. The van der Waals surface area contributed by atoms with Crippen molar-refractivity contribution in [3.05, 3.63) is 39.2 Å². The van der Waals surface area contributed by atoms with E-state index in [1.807, 2.05) is 43.2 Å². The number of carbonyl (C=O) groups excluding carboxylic acids is 1. The molecule has 1 aliphatic rings. The molecule has 1 fully saturated rings. The van der Waals surface area contributed by atoms with Gasteiger partial charge in [-0.3, -0.25) is 4.79 Å². The van der Waals surface area contributed by atoms with Crippen LogP contribution in [0.5, 0.6) is 5.88 Å². The van der Waals surface area contributed by atoms with Gasteiger partial charge in [-0.05, 0) is 32.2 Å². The number of piperazine rings is 1. The molecular weight excluding hydrogens is 406 g/mol. The zero-order valence-electron chi connectivity index (χ0n) is 16.7. The minimum Gasteiger partial charge on any atom is -0.478 e. The molecule has 4 heterocycles. The molecule has 0 bridgehead atoms. The number of rotatable bonds is 5. The van der Waals surface area contributed by atoms with E-state index in [1.165, 1.54) is 11.3 Å². The molecule has 0 unspecified atom stereocenters. The Morgan fingerprint density at radius 2 is 1.97 bits per heavy atom. The quantitative estimate of drug-likeness (QED) is 0.617. The highest BCUT2D eigenvalue weighted by atomic mass is 32.1. The van der Waals surface area contributed by atoms with E-state index >= 15 is 0 Å². The lowest BCUT2D eigenvalue weighted by Crippen LogP contribution is -2.49. The number of aromatic nitrogens is 3. The third-order valence-corrected chi connectivity index (χ3v) is 6.60. The summed E-state index contributed by atoms with van der Waals surface area (Å²) in [5.41, 5.74) is 2.75. The van der Waals surface area contributed by atoms with E-state index in [0.29, 0.717) is 44.6 Å². The second-order valence-corrected chi connectivity index (χ2v) is 8.58. The number of anilines is 1. The Bertz CT molecular complexity index is 994. The lowest BCUT2D eigenvalue weighted by Gasteiger charge is -2.34. The van der Waals surface area contributed by atoms with E-state index < -0.39 is 0 Å². The van der Waals surface area contributed by atoms with Crippen LogP contribution in [-0.4, -0.2) is 58.5 Å². The molecule has 0 aliphatic carbocycles. The van der Waals surface area contributed by atoms with Gasteiger partial charge in [-0.15, -0.1) is 11.3 Å². The van der Waals surface area contributed by atoms with Crippen LogP contribution in [0, 0.1) is 13.8 Å². The molecule has 0 aromatic carbocycles. The van der Waals surface area contributed by atoms with E-state index in [4.69, 9.17) is 4.74 Å². The molecule has 29 heavy (non-hydrogen) atoms. The van der Waals surface area contributed by atoms with Crippen LogP contribution >= 0.6 is 22.7 Å². The molecule has 1 amide bonds. The van der Waals surface area contributed by atoms with Crippen LogP contribution in [0.1, 0.15) is 28.0 Å². The Labute approximate surface area is 178 Å². The summed E-state index contributed by atoms with van der Waals surface area (Å²) in [4.78, 5) is 31.4. The van der Waals surface area contributed by atoms with Gasteiger partial charge in [0.25, 0.3) is 5.91 Å². The average molecular weight is 430 g/mol. The van der Waals surface area contributed by atoms with Crippen LogP contribution in [0.15, 0.2) is 22.9 Å². The molecule has 0 spiro atoms. The maximum Gasteiger partial charge on any atom is 0.265 e. The van der Waals surface area contributed by atoms with Gasteiger partial charge in [0.05, 0.1) is 12.3 Å². The fourth-order valence-corrected chi connectivity index (χ4v) is 4.99. The molecular formula is C20H23N5O2S2. The smallest absolute Gasteiger partial charge is 0.265 e. The summed E-state index contributed by atoms with van der Waals surface area (Å²) in [6, 6.07) is 3.87. The Morgan fingerprint density at radius 3 is 2.66 bits per heavy atom. The van der Waals surface area contributed by atoms with E-state index in [-0.39, 0.29) is 5.91 Å². The number of hydrogen-bond donors (Lipinski definition) is 0. The zero-order chi connectivity index (χ0) is 20.4. The van der Waals surface area contributed by atoms with Crippen molar-refractivity contribution in [3.8, 4) is 16.5 Å². The third-order valence-electron chi connectivity index (χ3n) is 4.72. The van der Waals surface area contributed by atoms with Crippen LogP contribution in [0.25, 0.3) is 10.6 Å². The first kappa shape index (κ1) is 19.8. The maximum atomic E-state index is 13.1. The average Bonchev–Trinajstić information content (AvgIpc) is 3.37. The normalized spacial score (nSPS) is 14.3. The van der Waals surface area contributed by atoms with Crippen molar-refractivity contribution in [1.29, 1.82) is 0 Å². The van der Waals surface area contributed by atoms with Crippen LogP contribution in [0.2, 0.25) is 0 Å². The van der Waals surface area contributed by atoms with E-state index in [2.05, 4.69) is 25.2 Å². The first-order chi connectivity index (χ1) is 14.0. The molecule has 1 saturated heterocycles. The van der Waals surface area contributed by atoms with Crippen LogP contribution in [0.4, 0.5) is 5.95 Å². The number of hydrogen-bond acceptors (Lipinski definition) is 8. The maximum absolute atomic E-state index is 13.1. The Kier molecular flexibility index (Phi) is 5.77. The minimum absolute atomic E-state index is 0.0568. The molecule has 1 aliphatic heterocycles. The fourth-order valence-electron chi connectivity index (χ4n) is 3.25. The topological polar surface area (TPSA) is 71.5 Å². The number of thiophene rings is 1. The van der Waals surface area contributed by atoms with Crippen LogP contribution in [0.3, 0.4) is 0 Å². The summed E-state index contributed by atoms with van der Waals surface area (Å²) in [6.45, 7) is 8.99. The molecule has 152 valence electrons. The summed E-state index contributed by atoms with van der Waals surface area (Å²) in [5, 5.41) is 4.99. The van der Waals surface area contributed by atoms with Crippen molar-refractivity contribution in [1.82, 2.24) is 19.9 Å². The summed E-state index contributed by atoms with van der Waals surface area (Å²) in [7, 11) is 0. The number of amides is 1. The molecule has 4 rings (SSSR count). The van der Waals surface area contributed by atoms with Gasteiger partial charge in [-0.1, -0.05) is 0 Å². The lowest BCUT2D eigenvalue weighted by molar-refractivity contribution is 0.0750. The van der Waals surface area contributed by atoms with E-state index in [9.17, 15) is 4.79 Å². The van der Waals surface area contributed by atoms with Gasteiger partial charge in [0.2, 0.25) is 11.8 Å². The van der Waals surface area contributed by atoms with Gasteiger partial charge < -0.3 is 14.5 Å². The van der Waals surface area contributed by atoms with Crippen LogP contribution < -0.4 is 9.64 Å². The SMILES string of the molecule is CCOc1cc(C)nc(N2CCN(C(=O)c3sc(-c4ccsc4)nc3C)CC2)n1. The minimum atomic E-state index is 0.0568. The monoisotopic (exact) mass is 429 g/mol. The van der Waals surface area contributed by atoms with Gasteiger partial charge in [-0.2, -0.15) is 16.3 Å². The number of carbonyl (C=O) groups is 1. The van der Waals surface area contributed by atoms with Gasteiger partial charge in [0.15, 0.2) is 0 Å². The van der Waals surface area contributed by atoms with Crippen molar-refractivity contribution in [3.63, 3.8) is 0 Å². The Hall–Kier alpha value is -2.52. The van der Waals surface area contributed by atoms with Gasteiger partial charge in [0, 0.05) is 48.9 Å². The first-order valence-corrected chi connectivity index (χ1v) is 11.3. The second-order valence-electron chi connectivity index (χ2n) is 6.81. The first-order valence-electron chi connectivity index (χ1n) is 9.58. The molecule has 9 heteroatoms. The molecule has 3 aromatic heterocycles. The van der Waals surface area contributed by atoms with Crippen LogP contribution in [-0.2, 0) is 0 Å². The fraction of sp³-hybridized carbons (Fsp3) is 0.400. The highest BCUT2D eigenvalue weighted by Gasteiger charge is 2.27. The molecule has 0 N–H and O–H groups in total. The van der Waals surface area contributed by atoms with Crippen molar-refractivity contribution >= 4 is 34.5 Å². The number of ether oxygens (including phenoxy) is 1. The summed E-state index contributed by atoms with van der Waals surface area (Å²) in [6.07, 6.45) is 0. The van der Waals surface area contributed by atoms with Gasteiger partial charge in [0.1, 0.15) is 9.88 Å². The van der Waals surface area contributed by atoms with Gasteiger partial charge in [-0.25, -0.2) is 9.97 Å². The van der Waals surface area contributed by atoms with E-state index in [1.54, 1.807) is 11.3 Å². The number of thiazole rings is 1. The summed E-state index contributed by atoms with van der Waals surface area (Å²) in [5.74, 6) is 1.31. The molecule has 3 aromatic rings. The predicted octanol–water partition coefficient (Wildman–Crippen LogP) is 3.64. The molecule has 7 nitrogen and oxygen atoms in total. The standard InChI is InChI=1S/C20H23N5O2S2/c1-4-27-16-11-13(2)21-20(23-16)25-8-6-24(7-9-25)19(26)17-14(3)22-18(29-17)15-5-10-28-12-15/h5,10-12H,4,6-9H2,1-3H3. The number of nitrogens with zero attached hydrogens (tertiary/aromatic N) is 5. The van der Waals surface area contributed by atoms with Crippen molar-refractivity contribution in [2.24, 2.45) is 0 Å². The summed E-state index contributed by atoms with van der Waals surface area (Å²) < 4.78 is 5.53. The predicted molar refractivity (Wildman–Crippen MR) is 116 cm³/mol. The van der Waals surface area contributed by atoms with Gasteiger partial charge >= 0.3 is 0 Å². The highest BCUT2D eigenvalue weighted by molar-refractivity contribution is 7.17. The second kappa shape index (κ2) is 8.46.